The Morgan fingerprint density at radius 1 is 0.738 bits per heavy atom. The Hall–Kier alpha value is -5.31. The number of ketones is 1. The van der Waals surface area contributed by atoms with E-state index in [1.165, 1.54) is 6.92 Å². The topological polar surface area (TPSA) is 126 Å². The molecule has 0 saturated heterocycles. The molecule has 0 fully saturated rings. The van der Waals surface area contributed by atoms with E-state index in [-0.39, 0.29) is 29.8 Å². The molecule has 0 aliphatic heterocycles. The number of carbonyl (C=O) groups is 4. The number of benzene rings is 3. The number of Topliss-reactive ketones (excluding diaryl/α,β-unsaturated/α-hetero) is 1. The highest BCUT2D eigenvalue weighted by atomic mass is 16.6. The van der Waals surface area contributed by atoms with Crippen LogP contribution in [0.3, 0.4) is 0 Å². The van der Waals surface area contributed by atoms with Crippen molar-refractivity contribution in [2.75, 3.05) is 16.0 Å². The second kappa shape index (κ2) is 12.9. The molecule has 3 amide bonds. The molecule has 1 heterocycles. The third kappa shape index (κ3) is 8.34. The third-order valence-corrected chi connectivity index (χ3v) is 5.98. The highest BCUT2D eigenvalue weighted by Gasteiger charge is 2.17. The zero-order valence-corrected chi connectivity index (χ0v) is 23.9. The zero-order valence-electron chi connectivity index (χ0n) is 23.9. The van der Waals surface area contributed by atoms with E-state index >= 15 is 0 Å². The summed E-state index contributed by atoms with van der Waals surface area (Å²) in [4.78, 5) is 53.7. The lowest BCUT2D eigenvalue weighted by Gasteiger charge is -2.19. The fraction of sp³-hybridized carbons (Fsp3) is 0.182. The van der Waals surface area contributed by atoms with Crippen molar-refractivity contribution in [2.45, 2.75) is 39.7 Å². The van der Waals surface area contributed by atoms with E-state index in [4.69, 9.17) is 4.74 Å². The summed E-state index contributed by atoms with van der Waals surface area (Å²) in [5.74, 6) is -0.322. The Morgan fingerprint density at radius 3 is 2.02 bits per heavy atom. The lowest BCUT2D eigenvalue weighted by atomic mass is 9.97. The van der Waals surface area contributed by atoms with Gasteiger partial charge >= 0.3 is 6.09 Å². The number of ether oxygens (including phenoxy) is 1. The van der Waals surface area contributed by atoms with E-state index in [1.807, 2.05) is 24.3 Å². The minimum atomic E-state index is -0.644. The van der Waals surface area contributed by atoms with Crippen LogP contribution in [0.15, 0.2) is 91.0 Å². The number of anilines is 3. The Bertz CT molecular complexity index is 1610. The van der Waals surface area contributed by atoms with Gasteiger partial charge in [-0.1, -0.05) is 48.5 Å². The lowest BCUT2D eigenvalue weighted by molar-refractivity contribution is -0.115. The van der Waals surface area contributed by atoms with Crippen LogP contribution in [-0.2, 0) is 16.0 Å². The molecule has 0 bridgehead atoms. The first-order chi connectivity index (χ1) is 20.0. The van der Waals surface area contributed by atoms with Crippen LogP contribution < -0.4 is 16.0 Å². The Morgan fingerprint density at radius 2 is 1.38 bits per heavy atom. The summed E-state index contributed by atoms with van der Waals surface area (Å²) < 4.78 is 5.23. The van der Waals surface area contributed by atoms with Gasteiger partial charge in [-0.2, -0.15) is 0 Å². The molecule has 214 valence electrons. The normalized spacial score (nSPS) is 10.9. The van der Waals surface area contributed by atoms with Crippen LogP contribution in [0.5, 0.6) is 0 Å². The van der Waals surface area contributed by atoms with Gasteiger partial charge in [0.15, 0.2) is 5.78 Å². The number of nitrogens with zero attached hydrogens (tertiary/aromatic N) is 1. The van der Waals surface area contributed by atoms with Crippen LogP contribution in [0.25, 0.3) is 11.1 Å². The second-order valence-corrected chi connectivity index (χ2v) is 10.6. The quantitative estimate of drug-likeness (QED) is 0.204. The van der Waals surface area contributed by atoms with E-state index in [0.29, 0.717) is 28.2 Å². The fourth-order valence-electron chi connectivity index (χ4n) is 4.08. The maximum Gasteiger partial charge on any atom is 0.413 e. The maximum absolute atomic E-state index is 13.1. The summed E-state index contributed by atoms with van der Waals surface area (Å²) >= 11 is 0. The average Bonchev–Trinajstić information content (AvgIpc) is 2.93. The van der Waals surface area contributed by atoms with Crippen LogP contribution >= 0.6 is 0 Å². The SMILES string of the molecule is CC(=O)c1ccc(-c2ccccc2C(=O)Nc2ccc(NC(=O)Cc3cccc(NC(=O)OC(C)(C)C)n3)cc2)cc1. The van der Waals surface area contributed by atoms with Crippen LogP contribution in [0.4, 0.5) is 22.0 Å². The minimum Gasteiger partial charge on any atom is -0.444 e. The second-order valence-electron chi connectivity index (χ2n) is 10.6. The van der Waals surface area contributed by atoms with Gasteiger partial charge in [-0.05, 0) is 81.3 Å². The molecule has 4 rings (SSSR count). The number of carbonyl (C=O) groups excluding carboxylic acids is 4. The molecule has 0 unspecified atom stereocenters. The van der Waals surface area contributed by atoms with Gasteiger partial charge < -0.3 is 15.4 Å². The van der Waals surface area contributed by atoms with E-state index < -0.39 is 11.7 Å². The van der Waals surface area contributed by atoms with Gasteiger partial charge in [0.2, 0.25) is 5.91 Å². The first kappa shape index (κ1) is 29.7. The molecule has 42 heavy (non-hydrogen) atoms. The molecule has 4 aromatic rings. The molecule has 0 saturated carbocycles. The van der Waals surface area contributed by atoms with E-state index in [1.54, 1.807) is 87.5 Å². The third-order valence-electron chi connectivity index (χ3n) is 5.98. The molecular formula is C33H32N4O5. The Kier molecular flexibility index (Phi) is 9.12. The molecular weight excluding hydrogens is 532 g/mol. The van der Waals surface area contributed by atoms with Gasteiger partial charge in [0.1, 0.15) is 11.4 Å². The minimum absolute atomic E-state index is 0.00743. The number of aromatic nitrogens is 1. The van der Waals surface area contributed by atoms with Crippen LogP contribution in [-0.4, -0.2) is 34.3 Å². The number of amides is 3. The summed E-state index contributed by atoms with van der Waals surface area (Å²) in [5.41, 5.74) is 3.59. The van der Waals surface area contributed by atoms with E-state index in [2.05, 4.69) is 20.9 Å². The maximum atomic E-state index is 13.1. The molecule has 0 spiro atoms. The van der Waals surface area contributed by atoms with Crippen molar-refractivity contribution < 1.29 is 23.9 Å². The van der Waals surface area contributed by atoms with E-state index in [9.17, 15) is 19.2 Å². The van der Waals surface area contributed by atoms with Crippen molar-refractivity contribution in [1.29, 1.82) is 0 Å². The summed E-state index contributed by atoms with van der Waals surface area (Å²) in [5, 5.41) is 8.27. The number of nitrogens with one attached hydrogen (secondary N) is 3. The number of hydrogen-bond donors (Lipinski definition) is 3. The summed E-state index contributed by atoms with van der Waals surface area (Å²) in [6.07, 6.45) is -0.637. The molecule has 0 atom stereocenters. The highest BCUT2D eigenvalue weighted by molar-refractivity contribution is 6.09. The van der Waals surface area contributed by atoms with E-state index in [0.717, 1.165) is 11.1 Å². The standard InChI is InChI=1S/C33H32N4O5/c1-21(38)22-12-14-23(15-13-22)27-9-5-6-10-28(27)31(40)36-25-18-16-24(17-19-25)35-30(39)20-26-8-7-11-29(34-26)37-32(41)42-33(2,3)4/h5-19H,20H2,1-4H3,(H,35,39)(H,36,40)(H,34,37,41). The number of hydrogen-bond acceptors (Lipinski definition) is 6. The molecule has 0 aliphatic rings. The predicted molar refractivity (Wildman–Crippen MR) is 163 cm³/mol. The van der Waals surface area contributed by atoms with Crippen molar-refractivity contribution in [1.82, 2.24) is 4.98 Å². The number of rotatable bonds is 8. The van der Waals surface area contributed by atoms with Gasteiger partial charge in [-0.15, -0.1) is 0 Å². The predicted octanol–water partition coefficient (Wildman–Crippen LogP) is 6.73. The van der Waals surface area contributed by atoms with Gasteiger partial charge in [0.05, 0.1) is 12.1 Å². The smallest absolute Gasteiger partial charge is 0.413 e. The largest absolute Gasteiger partial charge is 0.444 e. The molecule has 3 aromatic carbocycles. The highest BCUT2D eigenvalue weighted by Crippen LogP contribution is 2.25. The first-order valence-corrected chi connectivity index (χ1v) is 13.3. The Labute approximate surface area is 244 Å². The van der Waals surface area contributed by atoms with Gasteiger partial charge in [-0.25, -0.2) is 9.78 Å². The summed E-state index contributed by atoms with van der Waals surface area (Å²) in [7, 11) is 0. The monoisotopic (exact) mass is 564 g/mol. The molecule has 1 aromatic heterocycles. The van der Waals surface area contributed by atoms with Crippen molar-refractivity contribution in [2.24, 2.45) is 0 Å². The number of pyridine rings is 1. The van der Waals surface area contributed by atoms with Crippen molar-refractivity contribution in [3.05, 3.63) is 108 Å². The molecule has 0 radical (unpaired) electrons. The molecule has 0 aliphatic carbocycles. The average molecular weight is 565 g/mol. The summed E-state index contributed by atoms with van der Waals surface area (Å²) in [6.45, 7) is 6.80. The van der Waals surface area contributed by atoms with Crippen molar-refractivity contribution >= 4 is 40.9 Å². The van der Waals surface area contributed by atoms with Crippen LogP contribution in [0.1, 0.15) is 54.1 Å². The molecule has 9 nitrogen and oxygen atoms in total. The lowest BCUT2D eigenvalue weighted by Crippen LogP contribution is -2.27. The Balaban J connectivity index is 1.35. The van der Waals surface area contributed by atoms with Crippen LogP contribution in [0, 0.1) is 0 Å². The molecule has 9 heteroatoms. The van der Waals surface area contributed by atoms with Crippen molar-refractivity contribution in [3.63, 3.8) is 0 Å². The van der Waals surface area contributed by atoms with Gasteiger partial charge in [0, 0.05) is 22.5 Å². The molecule has 3 N–H and O–H groups in total. The van der Waals surface area contributed by atoms with Crippen LogP contribution in [0.2, 0.25) is 0 Å². The zero-order chi connectivity index (χ0) is 30.3. The first-order valence-electron chi connectivity index (χ1n) is 13.3. The van der Waals surface area contributed by atoms with Crippen molar-refractivity contribution in [3.8, 4) is 11.1 Å². The fourth-order valence-corrected chi connectivity index (χ4v) is 4.08. The summed E-state index contributed by atoms with van der Waals surface area (Å²) in [6, 6.07) is 26.1. The van der Waals surface area contributed by atoms with Gasteiger partial charge in [0.25, 0.3) is 5.91 Å². The van der Waals surface area contributed by atoms with Gasteiger partial charge in [-0.3, -0.25) is 19.7 Å².